The molecule has 0 radical (unpaired) electrons. The van der Waals surface area contributed by atoms with Gasteiger partial charge >= 0.3 is 12.1 Å². The number of hydrogen-bond acceptors (Lipinski definition) is 7. The maximum Gasteiger partial charge on any atom is 0.411 e. The lowest BCUT2D eigenvalue weighted by Gasteiger charge is -2.38. The number of anilines is 1. The second-order valence-corrected chi connectivity index (χ2v) is 10.4. The van der Waals surface area contributed by atoms with Crippen LogP contribution in [0, 0.1) is 25.5 Å². The topological polar surface area (TPSA) is 114 Å². The molecule has 0 saturated carbocycles. The van der Waals surface area contributed by atoms with Crippen molar-refractivity contribution in [3.05, 3.63) is 75.6 Å². The lowest BCUT2D eigenvalue weighted by molar-refractivity contribution is -0.167. The first kappa shape index (κ1) is 30.3. The second-order valence-electron chi connectivity index (χ2n) is 10.4. The Bertz CT molecular complexity index is 1560. The number of carbonyl (C=O) groups is 2. The summed E-state index contributed by atoms with van der Waals surface area (Å²) in [6.45, 7) is 3.06. The largest absolute Gasteiger partial charge is 0.480 e. The van der Waals surface area contributed by atoms with Gasteiger partial charge in [-0.3, -0.25) is 4.79 Å². The molecule has 5 rings (SSSR count). The number of amides is 1. The molecule has 43 heavy (non-hydrogen) atoms. The number of carboxylic acid groups (broad SMARTS) is 1. The minimum absolute atomic E-state index is 0.0915. The van der Waals surface area contributed by atoms with Crippen LogP contribution in [-0.4, -0.2) is 65.0 Å². The number of fused-ring (bicyclic) bond motifs is 1. The zero-order chi connectivity index (χ0) is 31.1. The van der Waals surface area contributed by atoms with Crippen LogP contribution in [0.3, 0.4) is 0 Å². The number of carbonyl (C=O) groups excluding carboxylic acids is 1. The monoisotopic (exact) mass is 606 g/mol. The summed E-state index contributed by atoms with van der Waals surface area (Å²) in [4.78, 5) is 34.7. The lowest BCUT2D eigenvalue weighted by Crippen LogP contribution is -2.53. The van der Waals surface area contributed by atoms with Crippen LogP contribution in [0.2, 0.25) is 0 Å². The highest BCUT2D eigenvalue weighted by Crippen LogP contribution is 2.34. The van der Waals surface area contributed by atoms with Crippen molar-refractivity contribution in [2.24, 2.45) is 0 Å². The van der Waals surface area contributed by atoms with Gasteiger partial charge in [-0.05, 0) is 48.2 Å². The van der Waals surface area contributed by atoms with Gasteiger partial charge in [0, 0.05) is 36.1 Å². The molecule has 0 aliphatic carbocycles. The first-order valence-electron chi connectivity index (χ1n) is 13.3. The minimum atomic E-state index is -4.73. The predicted molar refractivity (Wildman–Crippen MR) is 142 cm³/mol. The summed E-state index contributed by atoms with van der Waals surface area (Å²) in [6, 6.07) is 0.915. The van der Waals surface area contributed by atoms with Crippen LogP contribution in [0.5, 0.6) is 0 Å². The molecule has 1 saturated heterocycles. The van der Waals surface area contributed by atoms with Gasteiger partial charge in [0.15, 0.2) is 5.82 Å². The van der Waals surface area contributed by atoms with Gasteiger partial charge in [0.2, 0.25) is 0 Å². The summed E-state index contributed by atoms with van der Waals surface area (Å²) >= 11 is 0. The Kier molecular flexibility index (Phi) is 8.34. The lowest BCUT2D eigenvalue weighted by atomic mass is 9.93. The van der Waals surface area contributed by atoms with E-state index in [0.717, 1.165) is 21.7 Å². The molecule has 2 aliphatic heterocycles. The van der Waals surface area contributed by atoms with E-state index in [1.165, 1.54) is 0 Å². The van der Waals surface area contributed by atoms with Gasteiger partial charge in [0.1, 0.15) is 29.3 Å². The summed E-state index contributed by atoms with van der Waals surface area (Å²) in [5.41, 5.74) is 2.91. The van der Waals surface area contributed by atoms with E-state index in [9.17, 15) is 27.9 Å². The molecule has 2 unspecified atom stereocenters. The SMILES string of the molecule is Cc1cnc(-c2ccc(CC(NC(=O)c3c(F)cc(N4CCOCC4C(F)(F)F)cc3F)C(=O)O)c3c2COC3)nc1C. The van der Waals surface area contributed by atoms with E-state index in [0.29, 0.717) is 34.6 Å². The third kappa shape index (κ3) is 6.15. The highest BCUT2D eigenvalue weighted by molar-refractivity contribution is 5.97. The summed E-state index contributed by atoms with van der Waals surface area (Å²) in [5.74, 6) is -5.21. The number of carboxylic acids is 1. The van der Waals surface area contributed by atoms with Crippen molar-refractivity contribution in [2.75, 3.05) is 24.7 Å². The number of aromatic nitrogens is 2. The number of ether oxygens (including phenoxy) is 2. The third-order valence-corrected chi connectivity index (χ3v) is 7.61. The number of alkyl halides is 3. The first-order valence-corrected chi connectivity index (χ1v) is 13.3. The molecule has 2 atom stereocenters. The second kappa shape index (κ2) is 11.8. The molecule has 14 heteroatoms. The van der Waals surface area contributed by atoms with Crippen molar-refractivity contribution >= 4 is 17.6 Å². The molecule has 3 heterocycles. The number of nitrogens with zero attached hydrogens (tertiary/aromatic N) is 3. The van der Waals surface area contributed by atoms with Crippen LogP contribution in [-0.2, 0) is 33.9 Å². The van der Waals surface area contributed by atoms with Crippen LogP contribution in [0.25, 0.3) is 11.4 Å². The van der Waals surface area contributed by atoms with E-state index in [4.69, 9.17) is 9.47 Å². The average Bonchev–Trinajstić information content (AvgIpc) is 3.44. The van der Waals surface area contributed by atoms with Gasteiger partial charge in [0.25, 0.3) is 5.91 Å². The molecule has 2 aliphatic rings. The van der Waals surface area contributed by atoms with E-state index >= 15 is 8.78 Å². The van der Waals surface area contributed by atoms with Gasteiger partial charge in [-0.15, -0.1) is 0 Å². The summed E-state index contributed by atoms with van der Waals surface area (Å²) in [5, 5.41) is 12.0. The van der Waals surface area contributed by atoms with E-state index in [1.54, 1.807) is 18.3 Å². The minimum Gasteiger partial charge on any atom is -0.480 e. The smallest absolute Gasteiger partial charge is 0.411 e. The molecule has 228 valence electrons. The molecule has 1 amide bonds. The maximum atomic E-state index is 15.0. The van der Waals surface area contributed by atoms with E-state index < -0.39 is 59.6 Å². The van der Waals surface area contributed by atoms with Gasteiger partial charge in [0.05, 0.1) is 26.4 Å². The molecular weight excluding hydrogens is 579 g/mol. The Morgan fingerprint density at radius 2 is 1.81 bits per heavy atom. The van der Waals surface area contributed by atoms with Gasteiger partial charge in [-0.1, -0.05) is 12.1 Å². The Labute approximate surface area is 242 Å². The average molecular weight is 607 g/mol. The number of halogens is 5. The van der Waals surface area contributed by atoms with Crippen LogP contribution in [0.4, 0.5) is 27.6 Å². The number of aliphatic carboxylic acids is 1. The Balaban J connectivity index is 1.38. The summed E-state index contributed by atoms with van der Waals surface area (Å²) in [6.07, 6.45) is -3.26. The fraction of sp³-hybridized carbons (Fsp3) is 0.379. The first-order chi connectivity index (χ1) is 20.3. The van der Waals surface area contributed by atoms with E-state index in [1.807, 2.05) is 13.8 Å². The fourth-order valence-corrected chi connectivity index (χ4v) is 5.18. The van der Waals surface area contributed by atoms with Crippen molar-refractivity contribution in [3.63, 3.8) is 0 Å². The van der Waals surface area contributed by atoms with Crippen molar-refractivity contribution in [2.45, 2.75) is 51.7 Å². The van der Waals surface area contributed by atoms with Crippen LogP contribution < -0.4 is 10.2 Å². The zero-order valence-electron chi connectivity index (χ0n) is 23.1. The fourth-order valence-electron chi connectivity index (χ4n) is 5.18. The third-order valence-electron chi connectivity index (χ3n) is 7.61. The zero-order valence-corrected chi connectivity index (χ0v) is 23.1. The van der Waals surface area contributed by atoms with Crippen molar-refractivity contribution in [1.29, 1.82) is 0 Å². The maximum absolute atomic E-state index is 15.0. The Morgan fingerprint density at radius 1 is 1.12 bits per heavy atom. The molecule has 9 nitrogen and oxygen atoms in total. The summed E-state index contributed by atoms with van der Waals surface area (Å²) in [7, 11) is 0. The van der Waals surface area contributed by atoms with Crippen LogP contribution in [0.1, 0.15) is 38.3 Å². The van der Waals surface area contributed by atoms with Crippen molar-refractivity contribution in [1.82, 2.24) is 15.3 Å². The highest BCUT2D eigenvalue weighted by Gasteiger charge is 2.46. The quantitative estimate of drug-likeness (QED) is 0.384. The van der Waals surface area contributed by atoms with Gasteiger partial charge in [-0.25, -0.2) is 23.5 Å². The van der Waals surface area contributed by atoms with E-state index in [-0.39, 0.29) is 32.8 Å². The van der Waals surface area contributed by atoms with Crippen molar-refractivity contribution < 1.29 is 46.1 Å². The number of benzene rings is 2. The molecular formula is C29H27F5N4O5. The number of nitrogens with one attached hydrogen (secondary N) is 1. The van der Waals surface area contributed by atoms with Crippen LogP contribution in [0.15, 0.2) is 30.5 Å². The predicted octanol–water partition coefficient (Wildman–Crippen LogP) is 4.26. The number of aryl methyl sites for hydroxylation is 2. The Morgan fingerprint density at radius 3 is 2.47 bits per heavy atom. The number of hydrogen-bond donors (Lipinski definition) is 2. The van der Waals surface area contributed by atoms with Crippen molar-refractivity contribution in [3.8, 4) is 11.4 Å². The molecule has 0 spiro atoms. The van der Waals surface area contributed by atoms with E-state index in [2.05, 4.69) is 15.3 Å². The molecule has 1 fully saturated rings. The summed E-state index contributed by atoms with van der Waals surface area (Å²) < 4.78 is 81.0. The van der Waals surface area contributed by atoms with Gasteiger partial charge < -0.3 is 24.8 Å². The number of rotatable bonds is 7. The van der Waals surface area contributed by atoms with Crippen LogP contribution >= 0.6 is 0 Å². The molecule has 1 aromatic heterocycles. The van der Waals surface area contributed by atoms with Gasteiger partial charge in [-0.2, -0.15) is 13.2 Å². The molecule has 2 aromatic carbocycles. The highest BCUT2D eigenvalue weighted by atomic mass is 19.4. The molecule has 2 N–H and O–H groups in total. The Hall–Kier alpha value is -4.17. The number of morpholine rings is 1. The standard InChI is InChI=1S/C29H27F5N4O5/c1-14-10-35-26(36-15(14)2)18-4-3-16(19-11-43-12-20(18)19)7-23(28(40)41)37-27(39)25-21(30)8-17(9-22(25)31)38-5-6-42-13-24(38)29(32,33)34/h3-4,8-10,23-24H,5-7,11-13H2,1-2H3,(H,37,39)(H,40,41). The molecule has 0 bridgehead atoms. The normalized spacial score (nSPS) is 17.5. The molecule has 3 aromatic rings.